The van der Waals surface area contributed by atoms with Crippen LogP contribution in [0.1, 0.15) is 23.6 Å². The molecule has 2 aliphatic rings. The first-order valence-corrected chi connectivity index (χ1v) is 28.0. The lowest BCUT2D eigenvalue weighted by atomic mass is 9.67. The Morgan fingerprint density at radius 2 is 0.747 bits per heavy atom. The molecule has 15 aromatic rings. The third-order valence-electron chi connectivity index (χ3n) is 17.4. The van der Waals surface area contributed by atoms with Gasteiger partial charge in [-0.05, 0) is 137 Å². The summed E-state index contributed by atoms with van der Waals surface area (Å²) >= 11 is 1.86. The zero-order valence-corrected chi connectivity index (χ0v) is 44.0. The third-order valence-corrected chi connectivity index (χ3v) is 18.7. The zero-order valence-electron chi connectivity index (χ0n) is 43.2. The molecule has 5 heterocycles. The van der Waals surface area contributed by atoms with Crippen molar-refractivity contribution in [1.82, 2.24) is 18.3 Å². The van der Waals surface area contributed by atoms with Crippen LogP contribution < -0.4 is 0 Å². The summed E-state index contributed by atoms with van der Waals surface area (Å²) in [4.78, 5) is 2.49. The maximum absolute atomic E-state index is 4.13. The number of fused-ring (bicyclic) bond motifs is 19. The number of rotatable bonds is 6. The van der Waals surface area contributed by atoms with Crippen LogP contribution in [0.3, 0.4) is 0 Å². The van der Waals surface area contributed by atoms with Crippen molar-refractivity contribution in [2.75, 3.05) is 0 Å². The van der Waals surface area contributed by atoms with Gasteiger partial charge in [-0.3, -0.25) is 0 Å². The Morgan fingerprint density at radius 3 is 1.19 bits per heavy atom. The summed E-state index contributed by atoms with van der Waals surface area (Å²) in [6.45, 7) is 6.51. The van der Waals surface area contributed by atoms with Crippen molar-refractivity contribution in [2.45, 2.75) is 17.2 Å². The van der Waals surface area contributed by atoms with Crippen molar-refractivity contribution >= 4 is 99.0 Å². The van der Waals surface area contributed by atoms with Crippen molar-refractivity contribution in [3.8, 4) is 33.9 Å². The molecule has 1 aliphatic carbocycles. The zero-order chi connectivity index (χ0) is 52.1. The molecule has 0 fully saturated rings. The van der Waals surface area contributed by atoms with Gasteiger partial charge in [0.15, 0.2) is 0 Å². The van der Waals surface area contributed by atoms with Crippen molar-refractivity contribution in [3.05, 3.63) is 295 Å². The molecule has 0 amide bonds. The van der Waals surface area contributed by atoms with Crippen LogP contribution >= 0.6 is 11.8 Å². The summed E-state index contributed by atoms with van der Waals surface area (Å²) in [5, 5.41) is 9.92. The van der Waals surface area contributed by atoms with Crippen LogP contribution in [0.4, 0.5) is 0 Å². The maximum atomic E-state index is 4.13. The van der Waals surface area contributed by atoms with E-state index in [4.69, 9.17) is 0 Å². The Kier molecular flexibility index (Phi) is 9.31. The summed E-state index contributed by atoms with van der Waals surface area (Å²) in [5.74, 6) is 0. The van der Waals surface area contributed by atoms with Crippen LogP contribution in [0.2, 0.25) is 0 Å². The molecule has 1 spiro atoms. The van der Waals surface area contributed by atoms with Crippen LogP contribution in [0, 0.1) is 0 Å². The summed E-state index contributed by atoms with van der Waals surface area (Å²) in [6.07, 6.45) is 6.26. The monoisotopic (exact) mass is 1020 g/mol. The second-order valence-corrected chi connectivity index (χ2v) is 22.3. The molecule has 0 bridgehead atoms. The summed E-state index contributed by atoms with van der Waals surface area (Å²) in [7, 11) is 0. The molecule has 79 heavy (non-hydrogen) atoms. The highest BCUT2D eigenvalue weighted by molar-refractivity contribution is 8.03. The first-order chi connectivity index (χ1) is 39.1. The predicted molar refractivity (Wildman–Crippen MR) is 333 cm³/mol. The molecule has 1 aliphatic heterocycles. The molecule has 4 nitrogen and oxygen atoms in total. The highest BCUT2D eigenvalue weighted by Crippen LogP contribution is 2.63. The lowest BCUT2D eigenvalue weighted by Crippen LogP contribution is -2.32. The molecule has 370 valence electrons. The molecule has 0 unspecified atom stereocenters. The summed E-state index contributed by atoms with van der Waals surface area (Å²) in [6, 6.07) is 90.6. The lowest BCUT2D eigenvalue weighted by Gasteiger charge is -2.40. The van der Waals surface area contributed by atoms with E-state index in [-0.39, 0.29) is 0 Å². The van der Waals surface area contributed by atoms with Crippen molar-refractivity contribution in [2.24, 2.45) is 0 Å². The Bertz CT molecular complexity index is 4830. The maximum Gasteiger partial charge on any atom is 0.0697 e. The van der Waals surface area contributed by atoms with E-state index < -0.39 is 5.41 Å². The fourth-order valence-corrected chi connectivity index (χ4v) is 15.5. The van der Waals surface area contributed by atoms with Crippen molar-refractivity contribution in [3.63, 3.8) is 0 Å². The Balaban J connectivity index is 0.928. The third kappa shape index (κ3) is 5.89. The number of thioether (sulfide) groups is 1. The SMILES string of the molecule is C=C/C=C\C1=C(C)C2(c3ccccc3S1)c1cc(-n3c4ccccc4c4c(-n5c6ccccc6c6ccccc65)cccc43)ccc1-c1ccc(-n3c4ccccc4c4c(-n5c6ccccc6c6ccccc65)cccc43)cc12. The summed E-state index contributed by atoms with van der Waals surface area (Å²) < 4.78 is 9.97. The van der Waals surface area contributed by atoms with E-state index in [0.717, 1.165) is 11.4 Å². The molecule has 4 aromatic heterocycles. The Labute approximate surface area is 460 Å². The van der Waals surface area contributed by atoms with E-state index in [1.165, 1.54) is 142 Å². The summed E-state index contributed by atoms with van der Waals surface area (Å²) in [5.41, 5.74) is 21.1. The predicted octanol–water partition coefficient (Wildman–Crippen LogP) is 19.5. The largest absolute Gasteiger partial charge is 0.309 e. The van der Waals surface area contributed by atoms with Crippen molar-refractivity contribution < 1.29 is 0 Å². The minimum Gasteiger partial charge on any atom is -0.309 e. The van der Waals surface area contributed by atoms with E-state index in [2.05, 4.69) is 287 Å². The number of nitrogens with zero attached hydrogens (tertiary/aromatic N) is 4. The van der Waals surface area contributed by atoms with Gasteiger partial charge in [0.25, 0.3) is 0 Å². The van der Waals surface area contributed by atoms with Gasteiger partial charge in [0.2, 0.25) is 0 Å². The fraction of sp³-hybridized carbons (Fsp3) is 0.0270. The molecule has 5 heteroatoms. The van der Waals surface area contributed by atoms with Crippen LogP contribution in [0.15, 0.2) is 283 Å². The number of benzene rings is 11. The van der Waals surface area contributed by atoms with E-state index in [1.807, 2.05) is 17.8 Å². The fourth-order valence-electron chi connectivity index (χ4n) is 14.3. The standard InChI is InChI=1S/C74H48N4S/c1-3-4-38-70-46(2)74(57-27-11-18-39-71(57)79-70)58-44-47(75-64-32-16-9-25-55(64)72-66(75)34-19-36-68(72)77-60-28-12-5-21-51(60)52-22-6-13-29-61(52)77)40-42-49(58)50-43-41-48(45-59(50)74)76-65-33-17-10-26-56(65)73-67(76)35-20-37-69(73)78-62-30-14-7-23-53(62)54-24-8-15-31-63(54)78/h3-45H,1H2,2H3/b38-4-. The van der Waals surface area contributed by atoms with Crippen LogP contribution in [0.5, 0.6) is 0 Å². The van der Waals surface area contributed by atoms with Crippen LogP contribution in [0.25, 0.3) is 121 Å². The molecule has 17 rings (SSSR count). The molecule has 11 aromatic carbocycles. The molecule has 0 N–H and O–H groups in total. The number of allylic oxidation sites excluding steroid dienone is 4. The van der Waals surface area contributed by atoms with E-state index in [9.17, 15) is 0 Å². The number of para-hydroxylation sites is 6. The quantitative estimate of drug-likeness (QED) is 0.152. The molecular formula is C74H48N4S. The van der Waals surface area contributed by atoms with Gasteiger partial charge in [-0.15, -0.1) is 0 Å². The van der Waals surface area contributed by atoms with Gasteiger partial charge in [-0.25, -0.2) is 0 Å². The molecule has 0 saturated carbocycles. The van der Waals surface area contributed by atoms with E-state index >= 15 is 0 Å². The highest BCUT2D eigenvalue weighted by atomic mass is 32.2. The number of hydrogen-bond acceptors (Lipinski definition) is 1. The van der Waals surface area contributed by atoms with Gasteiger partial charge < -0.3 is 18.3 Å². The van der Waals surface area contributed by atoms with E-state index in [0.29, 0.717) is 0 Å². The molecular weight excluding hydrogens is 977 g/mol. The first-order valence-electron chi connectivity index (χ1n) is 27.2. The normalized spacial score (nSPS) is 13.9. The van der Waals surface area contributed by atoms with Gasteiger partial charge in [0, 0.05) is 64.3 Å². The lowest BCUT2D eigenvalue weighted by molar-refractivity contribution is 0.720. The second kappa shape index (κ2) is 16.6. The Hall–Kier alpha value is -9.81. The first kappa shape index (κ1) is 44.3. The minimum absolute atomic E-state index is 0.640. The second-order valence-electron chi connectivity index (χ2n) is 21.2. The molecule has 0 atom stereocenters. The van der Waals surface area contributed by atoms with Crippen LogP contribution in [-0.4, -0.2) is 18.3 Å². The molecule has 0 radical (unpaired) electrons. The van der Waals surface area contributed by atoms with E-state index in [1.54, 1.807) is 0 Å². The van der Waals surface area contributed by atoms with Gasteiger partial charge >= 0.3 is 0 Å². The average molecular weight is 1030 g/mol. The highest BCUT2D eigenvalue weighted by Gasteiger charge is 2.50. The van der Waals surface area contributed by atoms with Crippen LogP contribution in [-0.2, 0) is 5.41 Å². The van der Waals surface area contributed by atoms with Gasteiger partial charge in [-0.1, -0.05) is 182 Å². The van der Waals surface area contributed by atoms with Crippen molar-refractivity contribution in [1.29, 1.82) is 0 Å². The number of hydrogen-bond donors (Lipinski definition) is 0. The topological polar surface area (TPSA) is 19.7 Å². The van der Waals surface area contributed by atoms with Gasteiger partial charge in [-0.2, -0.15) is 0 Å². The van der Waals surface area contributed by atoms with Gasteiger partial charge in [0.05, 0.1) is 60.9 Å². The average Bonchev–Trinajstić information content (AvgIpc) is 3.47. The smallest absolute Gasteiger partial charge is 0.0697 e. The number of aromatic nitrogens is 4. The minimum atomic E-state index is -0.640. The van der Waals surface area contributed by atoms with Gasteiger partial charge in [0.1, 0.15) is 0 Å². The molecule has 0 saturated heterocycles. The Morgan fingerprint density at radius 1 is 0.367 bits per heavy atom.